The fraction of sp³-hybridized carbons (Fsp3) is 0.222. The van der Waals surface area contributed by atoms with Crippen LogP contribution in [0.4, 0.5) is 4.39 Å². The van der Waals surface area contributed by atoms with Crippen molar-refractivity contribution in [2.24, 2.45) is 0 Å². The molecule has 0 saturated heterocycles. The second-order valence-electron chi connectivity index (χ2n) is 2.66. The Morgan fingerprint density at radius 3 is 2.79 bits per heavy atom. The van der Waals surface area contributed by atoms with Gasteiger partial charge in [-0.25, -0.2) is 9.18 Å². The number of carboxylic acid groups (broad SMARTS) is 1. The van der Waals surface area contributed by atoms with Crippen LogP contribution < -0.4 is 0 Å². The minimum atomic E-state index is -1.35. The van der Waals surface area contributed by atoms with Crippen LogP contribution >= 0.6 is 11.6 Å². The van der Waals surface area contributed by atoms with Gasteiger partial charge in [0.05, 0.1) is 12.2 Å². The summed E-state index contributed by atoms with van der Waals surface area (Å²) in [6.45, 7) is -0.00727. The Bertz CT molecular complexity index is 365. The fourth-order valence-electron chi connectivity index (χ4n) is 1.06. The number of aromatic carboxylic acids is 1. The average Bonchev–Trinajstić information content (AvgIpc) is 2.10. The van der Waals surface area contributed by atoms with E-state index in [1.165, 1.54) is 13.2 Å². The molecule has 76 valence electrons. The summed E-state index contributed by atoms with van der Waals surface area (Å²) < 4.78 is 18.1. The molecule has 0 fully saturated rings. The van der Waals surface area contributed by atoms with Gasteiger partial charge in [0, 0.05) is 17.7 Å². The summed E-state index contributed by atoms with van der Waals surface area (Å²) in [5.74, 6) is -2.15. The van der Waals surface area contributed by atoms with E-state index in [1.54, 1.807) is 0 Å². The van der Waals surface area contributed by atoms with Crippen molar-refractivity contribution in [2.45, 2.75) is 6.61 Å². The Kier molecular flexibility index (Phi) is 3.43. The molecule has 0 atom stereocenters. The van der Waals surface area contributed by atoms with Crippen molar-refractivity contribution >= 4 is 17.6 Å². The number of halogens is 2. The van der Waals surface area contributed by atoms with Crippen molar-refractivity contribution in [3.63, 3.8) is 0 Å². The number of ether oxygens (including phenoxy) is 1. The molecule has 1 rings (SSSR count). The maximum Gasteiger partial charge on any atom is 0.338 e. The summed E-state index contributed by atoms with van der Waals surface area (Å²) in [7, 11) is 1.39. The largest absolute Gasteiger partial charge is 0.478 e. The minimum absolute atomic E-state index is 0.00727. The standard InChI is InChI=1S/C9H8ClFO3/c1-14-4-5-2-6(10)3-7(8(5)11)9(12)13/h2-3H,4H2,1H3,(H,12,13). The number of hydrogen-bond acceptors (Lipinski definition) is 2. The Morgan fingerprint density at radius 1 is 1.64 bits per heavy atom. The molecule has 0 aromatic heterocycles. The molecule has 0 unspecified atom stereocenters. The molecule has 0 aliphatic carbocycles. The minimum Gasteiger partial charge on any atom is -0.478 e. The lowest BCUT2D eigenvalue weighted by Gasteiger charge is -2.05. The highest BCUT2D eigenvalue weighted by atomic mass is 35.5. The first-order chi connectivity index (χ1) is 6.56. The van der Waals surface area contributed by atoms with Gasteiger partial charge >= 0.3 is 5.97 Å². The van der Waals surface area contributed by atoms with E-state index in [9.17, 15) is 9.18 Å². The number of hydrogen-bond donors (Lipinski definition) is 1. The van der Waals surface area contributed by atoms with Crippen LogP contribution in [0.1, 0.15) is 15.9 Å². The van der Waals surface area contributed by atoms with E-state index in [4.69, 9.17) is 21.4 Å². The quantitative estimate of drug-likeness (QED) is 0.847. The summed E-state index contributed by atoms with van der Waals surface area (Å²) >= 11 is 5.62. The Hall–Kier alpha value is -1.13. The van der Waals surface area contributed by atoms with Gasteiger partial charge in [0.15, 0.2) is 0 Å². The SMILES string of the molecule is COCc1cc(Cl)cc(C(=O)O)c1F. The van der Waals surface area contributed by atoms with Gasteiger partial charge in [0.25, 0.3) is 0 Å². The van der Waals surface area contributed by atoms with Crippen LogP contribution in [0.15, 0.2) is 12.1 Å². The van der Waals surface area contributed by atoms with E-state index in [0.29, 0.717) is 0 Å². The average molecular weight is 219 g/mol. The summed E-state index contributed by atoms with van der Waals surface area (Å²) in [5.41, 5.74) is -0.304. The van der Waals surface area contributed by atoms with E-state index in [2.05, 4.69) is 0 Å². The number of carbonyl (C=O) groups is 1. The normalized spacial score (nSPS) is 10.2. The van der Waals surface area contributed by atoms with Gasteiger partial charge in [-0.15, -0.1) is 0 Å². The first-order valence-electron chi connectivity index (χ1n) is 3.76. The lowest BCUT2D eigenvalue weighted by atomic mass is 10.1. The fourth-order valence-corrected chi connectivity index (χ4v) is 1.30. The third-order valence-corrected chi connectivity index (χ3v) is 1.86. The summed E-state index contributed by atoms with van der Waals surface area (Å²) in [4.78, 5) is 10.6. The highest BCUT2D eigenvalue weighted by Gasteiger charge is 2.15. The molecule has 0 spiro atoms. The highest BCUT2D eigenvalue weighted by Crippen LogP contribution is 2.20. The van der Waals surface area contributed by atoms with Gasteiger partial charge in [0.2, 0.25) is 0 Å². The third kappa shape index (κ3) is 2.21. The molecular formula is C9H8ClFO3. The van der Waals surface area contributed by atoms with Crippen LogP contribution in [0.5, 0.6) is 0 Å². The predicted molar refractivity (Wildman–Crippen MR) is 49.1 cm³/mol. The molecule has 0 aliphatic heterocycles. The molecule has 3 nitrogen and oxygen atoms in total. The smallest absolute Gasteiger partial charge is 0.338 e. The van der Waals surface area contributed by atoms with Crippen LogP contribution in [-0.4, -0.2) is 18.2 Å². The molecular weight excluding hydrogens is 211 g/mol. The van der Waals surface area contributed by atoms with Crippen molar-refractivity contribution in [2.75, 3.05) is 7.11 Å². The monoisotopic (exact) mass is 218 g/mol. The van der Waals surface area contributed by atoms with Crippen LogP contribution in [0.3, 0.4) is 0 Å². The lowest BCUT2D eigenvalue weighted by Crippen LogP contribution is -2.04. The molecule has 0 saturated carbocycles. The number of benzene rings is 1. The van der Waals surface area contributed by atoms with Gasteiger partial charge < -0.3 is 9.84 Å². The zero-order chi connectivity index (χ0) is 10.7. The predicted octanol–water partition coefficient (Wildman–Crippen LogP) is 2.32. The molecule has 0 aliphatic rings. The van der Waals surface area contributed by atoms with Crippen LogP contribution in [0.2, 0.25) is 5.02 Å². The van der Waals surface area contributed by atoms with Gasteiger partial charge in [-0.1, -0.05) is 11.6 Å². The number of methoxy groups -OCH3 is 1. The molecule has 0 heterocycles. The Morgan fingerprint density at radius 2 is 2.29 bits per heavy atom. The van der Waals surface area contributed by atoms with E-state index < -0.39 is 17.3 Å². The maximum atomic E-state index is 13.4. The van der Waals surface area contributed by atoms with Gasteiger partial charge in [-0.2, -0.15) is 0 Å². The molecule has 1 aromatic carbocycles. The molecule has 1 aromatic rings. The second-order valence-corrected chi connectivity index (χ2v) is 3.10. The van der Waals surface area contributed by atoms with Gasteiger partial charge in [-0.3, -0.25) is 0 Å². The molecule has 14 heavy (non-hydrogen) atoms. The topological polar surface area (TPSA) is 46.5 Å². The first-order valence-corrected chi connectivity index (χ1v) is 4.14. The van der Waals surface area contributed by atoms with E-state index in [1.807, 2.05) is 0 Å². The third-order valence-electron chi connectivity index (χ3n) is 1.64. The zero-order valence-corrected chi connectivity index (χ0v) is 8.14. The van der Waals surface area contributed by atoms with E-state index in [-0.39, 0.29) is 17.2 Å². The Balaban J connectivity index is 3.24. The van der Waals surface area contributed by atoms with Crippen molar-refractivity contribution in [3.8, 4) is 0 Å². The van der Waals surface area contributed by atoms with Crippen molar-refractivity contribution in [1.82, 2.24) is 0 Å². The first kappa shape index (κ1) is 10.9. The van der Waals surface area contributed by atoms with Crippen LogP contribution in [0.25, 0.3) is 0 Å². The summed E-state index contributed by atoms with van der Waals surface area (Å²) in [5, 5.41) is 8.82. The summed E-state index contributed by atoms with van der Waals surface area (Å²) in [6.07, 6.45) is 0. The van der Waals surface area contributed by atoms with Crippen molar-refractivity contribution in [1.29, 1.82) is 0 Å². The summed E-state index contributed by atoms with van der Waals surface area (Å²) in [6, 6.07) is 2.41. The second kappa shape index (κ2) is 4.39. The Labute approximate surface area is 85.1 Å². The maximum absolute atomic E-state index is 13.4. The molecule has 5 heteroatoms. The lowest BCUT2D eigenvalue weighted by molar-refractivity contribution is 0.0691. The number of carboxylic acids is 1. The van der Waals surface area contributed by atoms with Crippen molar-refractivity contribution in [3.05, 3.63) is 34.1 Å². The van der Waals surface area contributed by atoms with Gasteiger partial charge in [-0.05, 0) is 12.1 Å². The number of rotatable bonds is 3. The highest BCUT2D eigenvalue weighted by molar-refractivity contribution is 6.31. The zero-order valence-electron chi connectivity index (χ0n) is 7.38. The molecule has 0 radical (unpaired) electrons. The van der Waals surface area contributed by atoms with Gasteiger partial charge in [0.1, 0.15) is 5.82 Å². The van der Waals surface area contributed by atoms with E-state index >= 15 is 0 Å². The molecule has 0 amide bonds. The van der Waals surface area contributed by atoms with E-state index in [0.717, 1.165) is 6.07 Å². The van der Waals surface area contributed by atoms with Crippen LogP contribution in [0, 0.1) is 5.82 Å². The molecule has 1 N–H and O–H groups in total. The van der Waals surface area contributed by atoms with Crippen molar-refractivity contribution < 1.29 is 19.0 Å². The molecule has 0 bridgehead atoms. The van der Waals surface area contributed by atoms with Crippen LogP contribution in [-0.2, 0) is 11.3 Å².